The van der Waals surface area contributed by atoms with Crippen molar-refractivity contribution in [3.8, 4) is 18.2 Å². The Hall–Kier alpha value is -3.56. The third-order valence-corrected chi connectivity index (χ3v) is 8.18. The van der Waals surface area contributed by atoms with Crippen LogP contribution in [-0.4, -0.2) is 68.6 Å². The Kier molecular flexibility index (Phi) is 7.99. The molecule has 9 nitrogen and oxygen atoms in total. The number of nitrogens with two attached hydrogens (primary N) is 1. The molecule has 12 heteroatoms. The van der Waals surface area contributed by atoms with Crippen molar-refractivity contribution < 1.29 is 23.0 Å². The molecule has 0 aliphatic carbocycles. The van der Waals surface area contributed by atoms with Gasteiger partial charge in [0.15, 0.2) is 17.6 Å². The van der Waals surface area contributed by atoms with E-state index < -0.39 is 28.0 Å². The van der Waals surface area contributed by atoms with Crippen LogP contribution in [0.25, 0.3) is 11.9 Å². The number of morpholine rings is 1. The summed E-state index contributed by atoms with van der Waals surface area (Å²) >= 11 is 1.16. The second-order valence-electron chi connectivity index (χ2n) is 9.26. The molecule has 0 aromatic carbocycles. The van der Waals surface area contributed by atoms with Gasteiger partial charge in [0, 0.05) is 30.8 Å². The molecule has 38 heavy (non-hydrogen) atoms. The number of thioether (sulfide) groups is 1. The topological polar surface area (TPSA) is 116 Å². The highest BCUT2D eigenvalue weighted by Crippen LogP contribution is 2.51. The van der Waals surface area contributed by atoms with E-state index in [0.29, 0.717) is 26.3 Å². The molecular formula is C26H28F2N6O3S. The predicted molar refractivity (Wildman–Crippen MR) is 141 cm³/mol. The highest BCUT2D eigenvalue weighted by Gasteiger charge is 2.55. The fourth-order valence-corrected chi connectivity index (χ4v) is 5.83. The van der Waals surface area contributed by atoms with E-state index in [1.165, 1.54) is 30.7 Å². The number of aliphatic imine (C=N–C) groups is 1. The largest absolute Gasteiger partial charge is 0.463 e. The molecular weight excluding hydrogens is 514 g/mol. The van der Waals surface area contributed by atoms with E-state index in [-0.39, 0.29) is 40.4 Å². The van der Waals surface area contributed by atoms with Gasteiger partial charge >= 0.3 is 0 Å². The van der Waals surface area contributed by atoms with Crippen LogP contribution in [0.3, 0.4) is 0 Å². The summed E-state index contributed by atoms with van der Waals surface area (Å²) in [6.07, 6.45) is 9.96. The lowest BCUT2D eigenvalue weighted by atomic mass is 9.73. The third kappa shape index (κ3) is 5.35. The SMILES string of the molecule is C#CCOc1cnc(/C(F)=C/c2cnc(F)c([C@@]3(C)N=C(N)S[C@](C)(C(=O)N4CCOCC4)[C@H]3C)c2)cn1. The van der Waals surface area contributed by atoms with E-state index in [9.17, 15) is 4.79 Å². The van der Waals surface area contributed by atoms with E-state index in [1.54, 1.807) is 18.7 Å². The molecule has 0 radical (unpaired) electrons. The minimum absolute atomic E-state index is 0.0101. The second-order valence-corrected chi connectivity index (χ2v) is 10.7. The zero-order chi connectivity index (χ0) is 27.5. The summed E-state index contributed by atoms with van der Waals surface area (Å²) in [5.41, 5.74) is 5.27. The van der Waals surface area contributed by atoms with Crippen molar-refractivity contribution in [1.29, 1.82) is 0 Å². The fraction of sp³-hybridized carbons (Fsp3) is 0.423. The molecule has 2 aliphatic heterocycles. The first-order chi connectivity index (χ1) is 18.1. The van der Waals surface area contributed by atoms with Crippen LogP contribution in [0.2, 0.25) is 0 Å². The molecule has 0 saturated carbocycles. The molecule has 4 heterocycles. The van der Waals surface area contributed by atoms with Crippen molar-refractivity contribution in [2.24, 2.45) is 16.6 Å². The standard InChI is InChI=1S/C26H28F2N6O3S/c1-5-8-37-21-15-30-20(14-31-21)19(27)12-17-11-18(22(28)32-13-17)25(3)16(2)26(4,38-24(29)33-25)23(35)34-6-9-36-10-7-34/h1,11-16H,6-10H2,2-4H3,(H2,29,33)/b19-12-/t16-,25-,26-/m0/s1. The lowest BCUT2D eigenvalue weighted by molar-refractivity contribution is -0.139. The maximum Gasteiger partial charge on any atom is 0.239 e. The molecule has 4 rings (SSSR count). The van der Waals surface area contributed by atoms with Crippen LogP contribution in [0, 0.1) is 24.2 Å². The fourth-order valence-electron chi connectivity index (χ4n) is 4.54. The first kappa shape index (κ1) is 27.5. The maximum absolute atomic E-state index is 15.2. The molecule has 1 amide bonds. The summed E-state index contributed by atoms with van der Waals surface area (Å²) in [6.45, 7) is 7.18. The van der Waals surface area contributed by atoms with Crippen LogP contribution < -0.4 is 10.5 Å². The van der Waals surface area contributed by atoms with Gasteiger partial charge in [0.1, 0.15) is 10.4 Å². The first-order valence-electron chi connectivity index (χ1n) is 11.9. The molecule has 0 bridgehead atoms. The summed E-state index contributed by atoms with van der Waals surface area (Å²) in [6, 6.07) is 1.46. The number of amides is 1. The van der Waals surface area contributed by atoms with Crippen molar-refractivity contribution >= 4 is 34.7 Å². The van der Waals surface area contributed by atoms with E-state index in [1.807, 2.05) is 6.92 Å². The first-order valence-corrected chi connectivity index (χ1v) is 12.7. The van der Waals surface area contributed by atoms with Gasteiger partial charge in [-0.3, -0.25) is 9.79 Å². The average Bonchev–Trinajstić information content (AvgIpc) is 2.91. The van der Waals surface area contributed by atoms with E-state index in [0.717, 1.165) is 11.8 Å². The highest BCUT2D eigenvalue weighted by molar-refractivity contribution is 8.15. The normalized spacial score (nSPS) is 25.9. The zero-order valence-corrected chi connectivity index (χ0v) is 22.1. The molecule has 2 N–H and O–H groups in total. The molecule has 0 unspecified atom stereocenters. The second kappa shape index (κ2) is 11.0. The molecule has 1 fully saturated rings. The minimum atomic E-state index is -1.25. The number of rotatable bonds is 6. The third-order valence-electron chi connectivity index (χ3n) is 6.93. The van der Waals surface area contributed by atoms with Crippen LogP contribution in [0.1, 0.15) is 37.6 Å². The average molecular weight is 543 g/mol. The van der Waals surface area contributed by atoms with Crippen LogP contribution in [-0.2, 0) is 15.1 Å². The van der Waals surface area contributed by atoms with E-state index >= 15 is 8.78 Å². The van der Waals surface area contributed by atoms with Crippen LogP contribution >= 0.6 is 11.8 Å². The quantitative estimate of drug-likeness (QED) is 0.438. The Morgan fingerprint density at radius 2 is 2.05 bits per heavy atom. The van der Waals surface area contributed by atoms with E-state index in [4.69, 9.17) is 21.6 Å². The van der Waals surface area contributed by atoms with Gasteiger partial charge in [0.25, 0.3) is 0 Å². The lowest BCUT2D eigenvalue weighted by Gasteiger charge is -2.48. The maximum atomic E-state index is 15.2. The Labute approximate surface area is 223 Å². The van der Waals surface area contributed by atoms with Gasteiger partial charge in [0.05, 0.1) is 31.1 Å². The molecule has 1 saturated heterocycles. The summed E-state index contributed by atoms with van der Waals surface area (Å²) in [7, 11) is 0. The van der Waals surface area contributed by atoms with Crippen molar-refractivity contribution in [1.82, 2.24) is 19.9 Å². The number of aromatic nitrogens is 3. The van der Waals surface area contributed by atoms with Gasteiger partial charge in [-0.25, -0.2) is 19.3 Å². The number of terminal acetylenes is 1. The number of nitrogens with zero attached hydrogens (tertiary/aromatic N) is 5. The zero-order valence-electron chi connectivity index (χ0n) is 21.3. The molecule has 3 atom stereocenters. The van der Waals surface area contributed by atoms with Crippen LogP contribution in [0.4, 0.5) is 8.78 Å². The molecule has 2 aromatic heterocycles. The number of carbonyl (C=O) groups is 1. The monoisotopic (exact) mass is 542 g/mol. The summed E-state index contributed by atoms with van der Waals surface area (Å²) in [5, 5.41) is 0.156. The van der Waals surface area contributed by atoms with Gasteiger partial charge in [-0.2, -0.15) is 4.39 Å². The van der Waals surface area contributed by atoms with Crippen molar-refractivity contribution in [3.63, 3.8) is 0 Å². The lowest BCUT2D eigenvalue weighted by Crippen LogP contribution is -2.58. The Morgan fingerprint density at radius 1 is 1.32 bits per heavy atom. The number of ether oxygens (including phenoxy) is 2. The minimum Gasteiger partial charge on any atom is -0.463 e. The van der Waals surface area contributed by atoms with E-state index in [2.05, 4.69) is 25.9 Å². The van der Waals surface area contributed by atoms with Crippen LogP contribution in [0.5, 0.6) is 5.88 Å². The molecule has 0 spiro atoms. The van der Waals surface area contributed by atoms with Gasteiger partial charge in [-0.1, -0.05) is 24.6 Å². The summed E-state index contributed by atoms with van der Waals surface area (Å²) in [4.78, 5) is 31.8. The highest BCUT2D eigenvalue weighted by atomic mass is 32.2. The predicted octanol–water partition coefficient (Wildman–Crippen LogP) is 3.02. The Bertz CT molecular complexity index is 1310. The Morgan fingerprint density at radius 3 is 2.71 bits per heavy atom. The number of amidine groups is 1. The van der Waals surface area contributed by atoms with Gasteiger partial charge in [-0.05, 0) is 31.6 Å². The van der Waals surface area contributed by atoms with Gasteiger partial charge in [0.2, 0.25) is 17.7 Å². The summed E-state index contributed by atoms with van der Waals surface area (Å²) < 4.78 is 39.7. The number of halogens is 2. The number of hydrogen-bond donors (Lipinski definition) is 1. The number of pyridine rings is 1. The van der Waals surface area contributed by atoms with Crippen molar-refractivity contribution in [3.05, 3.63) is 47.4 Å². The van der Waals surface area contributed by atoms with Crippen molar-refractivity contribution in [2.75, 3.05) is 32.9 Å². The Balaban J connectivity index is 1.66. The van der Waals surface area contributed by atoms with Gasteiger partial charge in [-0.15, -0.1) is 6.42 Å². The molecule has 2 aromatic rings. The molecule has 2 aliphatic rings. The molecule has 200 valence electrons. The smallest absolute Gasteiger partial charge is 0.239 e. The number of carbonyl (C=O) groups excluding carboxylic acids is 1. The summed E-state index contributed by atoms with van der Waals surface area (Å²) in [5.74, 6) is 0.351. The van der Waals surface area contributed by atoms with Crippen LogP contribution in [0.15, 0.2) is 29.6 Å². The number of hydrogen-bond acceptors (Lipinski definition) is 9. The van der Waals surface area contributed by atoms with Gasteiger partial charge < -0.3 is 20.1 Å². The van der Waals surface area contributed by atoms with Crippen molar-refractivity contribution in [2.45, 2.75) is 31.1 Å².